The number of likely N-dealkylation sites (tertiary alicyclic amines) is 1. The lowest BCUT2D eigenvalue weighted by atomic mass is 9.98. The van der Waals surface area contributed by atoms with E-state index in [1.54, 1.807) is 11.0 Å². The number of benzene rings is 1. The van der Waals surface area contributed by atoms with Gasteiger partial charge in [-0.3, -0.25) is 20.8 Å². The number of rotatable bonds is 4. The average Bonchev–Trinajstić information content (AvgIpc) is 2.43. The number of piperidine rings is 1. The van der Waals surface area contributed by atoms with Gasteiger partial charge in [0.1, 0.15) is 0 Å². The molecule has 1 atom stereocenters. The summed E-state index contributed by atoms with van der Waals surface area (Å²) in [6.45, 7) is 2.92. The second-order valence-electron chi connectivity index (χ2n) is 5.05. The number of nitrogen functional groups attached to an aromatic ring is 1. The van der Waals surface area contributed by atoms with Crippen molar-refractivity contribution in [3.8, 4) is 0 Å². The fourth-order valence-corrected chi connectivity index (χ4v) is 2.46. The van der Waals surface area contributed by atoms with Crippen LogP contribution in [0.15, 0.2) is 18.2 Å². The lowest BCUT2D eigenvalue weighted by Crippen LogP contribution is -2.39. The molecule has 1 saturated heterocycles. The normalized spacial score (nSPS) is 19.0. The minimum atomic E-state index is -0.454. The molecule has 0 bridgehead atoms. The molecule has 2 rings (SSSR count). The number of non-ortho nitro benzene ring substituents is 1. The average molecular weight is 278 g/mol. The zero-order valence-corrected chi connectivity index (χ0v) is 11.3. The minimum absolute atomic E-state index is 0.00323. The van der Waals surface area contributed by atoms with Crippen LogP contribution in [0.3, 0.4) is 0 Å². The molecule has 1 aromatic carbocycles. The Morgan fingerprint density at radius 1 is 1.55 bits per heavy atom. The second-order valence-corrected chi connectivity index (χ2v) is 5.05. The van der Waals surface area contributed by atoms with E-state index in [0.29, 0.717) is 24.3 Å². The molecule has 108 valence electrons. The first-order chi connectivity index (χ1) is 9.52. The first kappa shape index (κ1) is 14.3. The summed E-state index contributed by atoms with van der Waals surface area (Å²) in [4.78, 5) is 24.2. The monoisotopic (exact) mass is 278 g/mol. The van der Waals surface area contributed by atoms with E-state index in [1.165, 1.54) is 12.1 Å². The lowest BCUT2D eigenvalue weighted by Gasteiger charge is -2.31. The van der Waals surface area contributed by atoms with Crippen LogP contribution in [0.25, 0.3) is 0 Å². The molecule has 0 spiro atoms. The zero-order chi connectivity index (χ0) is 14.7. The number of nitrogens with two attached hydrogens (primary N) is 1. The molecule has 1 amide bonds. The summed E-state index contributed by atoms with van der Waals surface area (Å²) in [5.41, 5.74) is 3.77. The molecule has 0 aliphatic carbocycles. The van der Waals surface area contributed by atoms with Gasteiger partial charge in [-0.25, -0.2) is 0 Å². The Labute approximate surface area is 116 Å². The van der Waals surface area contributed by atoms with Crippen molar-refractivity contribution < 1.29 is 9.72 Å². The zero-order valence-electron chi connectivity index (χ0n) is 11.3. The summed E-state index contributed by atoms with van der Waals surface area (Å²) in [7, 11) is 0. The number of hydrogen-bond donors (Lipinski definition) is 2. The Hall–Kier alpha value is -2.15. The highest BCUT2D eigenvalue weighted by molar-refractivity contribution is 5.79. The van der Waals surface area contributed by atoms with Crippen LogP contribution in [0.1, 0.15) is 25.3 Å². The summed E-state index contributed by atoms with van der Waals surface area (Å²) in [6.07, 6.45) is 1.85. The summed E-state index contributed by atoms with van der Waals surface area (Å²) in [5, 5.41) is 10.8. The first-order valence-corrected chi connectivity index (χ1v) is 6.55. The predicted octanol–water partition coefficient (Wildman–Crippen LogP) is 1.64. The summed E-state index contributed by atoms with van der Waals surface area (Å²) >= 11 is 0. The van der Waals surface area contributed by atoms with Crippen LogP contribution in [-0.2, 0) is 11.3 Å². The molecule has 0 saturated carbocycles. The molecule has 1 fully saturated rings. The maximum atomic E-state index is 12.1. The molecule has 7 nitrogen and oxygen atoms in total. The van der Waals surface area contributed by atoms with Crippen molar-refractivity contribution >= 4 is 17.3 Å². The van der Waals surface area contributed by atoms with Crippen LogP contribution in [-0.4, -0.2) is 22.3 Å². The molecule has 0 radical (unpaired) electrons. The van der Waals surface area contributed by atoms with Gasteiger partial charge in [0.15, 0.2) is 0 Å². The van der Waals surface area contributed by atoms with E-state index in [4.69, 9.17) is 5.84 Å². The topological polar surface area (TPSA) is 102 Å². The number of carbonyl (C=O) groups excluding carboxylic acids is 1. The highest BCUT2D eigenvalue weighted by atomic mass is 16.6. The van der Waals surface area contributed by atoms with Gasteiger partial charge in [0.2, 0.25) is 5.91 Å². The molecule has 1 unspecified atom stereocenters. The van der Waals surface area contributed by atoms with Crippen LogP contribution >= 0.6 is 0 Å². The van der Waals surface area contributed by atoms with Crippen molar-refractivity contribution in [2.75, 3.05) is 12.0 Å². The number of hydrogen-bond acceptors (Lipinski definition) is 5. The smallest absolute Gasteiger partial charge is 0.269 e. The van der Waals surface area contributed by atoms with E-state index in [0.717, 1.165) is 12.8 Å². The van der Waals surface area contributed by atoms with E-state index in [1.807, 2.05) is 6.92 Å². The Bertz CT molecular complexity index is 532. The molecular formula is C13H18N4O3. The van der Waals surface area contributed by atoms with Gasteiger partial charge >= 0.3 is 0 Å². The Kier molecular flexibility index (Phi) is 4.19. The number of hydrazine groups is 1. The molecule has 1 heterocycles. The third-order valence-electron chi connectivity index (χ3n) is 3.61. The molecule has 0 aromatic heterocycles. The minimum Gasteiger partial charge on any atom is -0.338 e. The van der Waals surface area contributed by atoms with Crippen LogP contribution in [0, 0.1) is 16.0 Å². The fourth-order valence-electron chi connectivity index (χ4n) is 2.46. The summed E-state index contributed by atoms with van der Waals surface area (Å²) in [6, 6.07) is 4.41. The van der Waals surface area contributed by atoms with Gasteiger partial charge < -0.3 is 10.3 Å². The molecule has 7 heteroatoms. The van der Waals surface area contributed by atoms with Crippen molar-refractivity contribution in [3.05, 3.63) is 33.9 Å². The third-order valence-corrected chi connectivity index (χ3v) is 3.61. The Morgan fingerprint density at radius 3 is 2.95 bits per heavy atom. The van der Waals surface area contributed by atoms with E-state index in [9.17, 15) is 14.9 Å². The molecule has 1 aromatic rings. The Morgan fingerprint density at radius 2 is 2.30 bits per heavy atom. The molecule has 1 aliphatic rings. The maximum Gasteiger partial charge on any atom is 0.269 e. The van der Waals surface area contributed by atoms with Crippen molar-refractivity contribution in [3.63, 3.8) is 0 Å². The molecule has 3 N–H and O–H groups in total. The lowest BCUT2D eigenvalue weighted by molar-refractivity contribution is -0.384. The highest BCUT2D eigenvalue weighted by Crippen LogP contribution is 2.25. The summed E-state index contributed by atoms with van der Waals surface area (Å²) in [5.74, 6) is 5.52. The standard InChI is InChI=1S/C13H18N4O3/c1-9-3-2-6-16(13(9)18)8-10-7-11(17(19)20)4-5-12(10)15-14/h4-5,7,9,15H,2-3,6,8,14H2,1H3. The van der Waals surface area contributed by atoms with Crippen LogP contribution in [0.2, 0.25) is 0 Å². The van der Waals surface area contributed by atoms with E-state index in [2.05, 4.69) is 5.43 Å². The number of nitro groups is 1. The van der Waals surface area contributed by atoms with Crippen molar-refractivity contribution in [2.45, 2.75) is 26.3 Å². The van der Waals surface area contributed by atoms with Crippen molar-refractivity contribution in [1.29, 1.82) is 0 Å². The quantitative estimate of drug-likeness (QED) is 0.495. The van der Waals surface area contributed by atoms with Gasteiger partial charge in [-0.15, -0.1) is 0 Å². The predicted molar refractivity (Wildman–Crippen MR) is 74.7 cm³/mol. The number of nitro benzene ring substituents is 1. The first-order valence-electron chi connectivity index (χ1n) is 6.55. The van der Waals surface area contributed by atoms with Crippen molar-refractivity contribution in [2.24, 2.45) is 11.8 Å². The van der Waals surface area contributed by atoms with Gasteiger partial charge in [0.25, 0.3) is 5.69 Å². The number of nitrogens with zero attached hydrogens (tertiary/aromatic N) is 2. The van der Waals surface area contributed by atoms with Crippen LogP contribution in [0.4, 0.5) is 11.4 Å². The Balaban J connectivity index is 2.24. The third kappa shape index (κ3) is 2.88. The largest absolute Gasteiger partial charge is 0.338 e. The SMILES string of the molecule is CC1CCCN(Cc2cc([N+](=O)[O-])ccc2NN)C1=O. The van der Waals surface area contributed by atoms with Gasteiger partial charge in [-0.2, -0.15) is 0 Å². The number of carbonyl (C=O) groups is 1. The second kappa shape index (κ2) is 5.87. The van der Waals surface area contributed by atoms with Gasteiger partial charge in [0.05, 0.1) is 10.6 Å². The number of amides is 1. The molecular weight excluding hydrogens is 260 g/mol. The van der Waals surface area contributed by atoms with Gasteiger partial charge in [-0.1, -0.05) is 6.92 Å². The van der Waals surface area contributed by atoms with Gasteiger partial charge in [0, 0.05) is 36.7 Å². The fraction of sp³-hybridized carbons (Fsp3) is 0.462. The number of nitrogens with one attached hydrogen (secondary N) is 1. The van der Waals surface area contributed by atoms with E-state index < -0.39 is 4.92 Å². The molecule has 20 heavy (non-hydrogen) atoms. The van der Waals surface area contributed by atoms with Crippen LogP contribution < -0.4 is 11.3 Å². The van der Waals surface area contributed by atoms with Gasteiger partial charge in [-0.05, 0) is 18.9 Å². The number of anilines is 1. The highest BCUT2D eigenvalue weighted by Gasteiger charge is 2.26. The summed E-state index contributed by atoms with van der Waals surface area (Å²) < 4.78 is 0. The van der Waals surface area contributed by atoms with Crippen molar-refractivity contribution in [1.82, 2.24) is 4.90 Å². The maximum absolute atomic E-state index is 12.1. The molecule has 1 aliphatic heterocycles. The van der Waals surface area contributed by atoms with E-state index in [-0.39, 0.29) is 17.5 Å². The van der Waals surface area contributed by atoms with E-state index >= 15 is 0 Å². The van der Waals surface area contributed by atoms with Crippen LogP contribution in [0.5, 0.6) is 0 Å².